The van der Waals surface area contributed by atoms with Gasteiger partial charge in [-0.25, -0.2) is 0 Å². The lowest BCUT2D eigenvalue weighted by atomic mass is 9.95. The van der Waals surface area contributed by atoms with Crippen molar-refractivity contribution >= 4 is 40.0 Å². The van der Waals surface area contributed by atoms with E-state index in [0.29, 0.717) is 34.8 Å². The first-order chi connectivity index (χ1) is 16.5. The second-order valence-corrected chi connectivity index (χ2v) is 10.1. The smallest absolute Gasteiger partial charge is 0.262 e. The molecule has 2 aliphatic heterocycles. The second-order valence-electron chi connectivity index (χ2n) is 8.95. The van der Waals surface area contributed by atoms with Gasteiger partial charge in [-0.2, -0.15) is 0 Å². The zero-order chi connectivity index (χ0) is 23.8. The maximum atomic E-state index is 13.2. The fraction of sp³-hybridized carbons (Fsp3) is 0.440. The largest absolute Gasteiger partial charge is 0.376 e. The van der Waals surface area contributed by atoms with Gasteiger partial charge in [0.25, 0.3) is 17.7 Å². The van der Waals surface area contributed by atoms with Crippen LogP contribution in [-0.4, -0.2) is 53.8 Å². The molecular formula is C25H27N3O5S. The lowest BCUT2D eigenvalue weighted by molar-refractivity contribution is -0.119. The number of hydrogen-bond donors (Lipinski definition) is 2. The molecule has 2 N–H and O–H groups in total. The van der Waals surface area contributed by atoms with Crippen molar-refractivity contribution in [2.24, 2.45) is 0 Å². The quantitative estimate of drug-likeness (QED) is 0.617. The van der Waals surface area contributed by atoms with Crippen molar-refractivity contribution in [2.75, 3.05) is 18.5 Å². The highest BCUT2D eigenvalue weighted by Gasteiger charge is 2.41. The first-order valence-electron chi connectivity index (χ1n) is 11.8. The molecule has 1 aromatic heterocycles. The van der Waals surface area contributed by atoms with Gasteiger partial charge in [0.15, 0.2) is 0 Å². The van der Waals surface area contributed by atoms with Crippen LogP contribution >= 0.6 is 11.3 Å². The summed E-state index contributed by atoms with van der Waals surface area (Å²) in [6.45, 7) is 2.68. The molecule has 2 atom stereocenters. The van der Waals surface area contributed by atoms with E-state index in [-0.39, 0.29) is 12.0 Å². The van der Waals surface area contributed by atoms with Crippen LogP contribution in [0.25, 0.3) is 0 Å². The summed E-state index contributed by atoms with van der Waals surface area (Å²) in [4.78, 5) is 54.1. The van der Waals surface area contributed by atoms with Gasteiger partial charge in [0, 0.05) is 18.0 Å². The first-order valence-corrected chi connectivity index (χ1v) is 12.6. The van der Waals surface area contributed by atoms with Crippen molar-refractivity contribution in [3.05, 3.63) is 51.4 Å². The molecule has 9 heteroatoms. The number of carbonyl (C=O) groups is 4. The highest BCUT2D eigenvalue weighted by molar-refractivity contribution is 7.17. The van der Waals surface area contributed by atoms with E-state index in [2.05, 4.69) is 10.6 Å². The van der Waals surface area contributed by atoms with Gasteiger partial charge in [-0.05, 0) is 63.1 Å². The van der Waals surface area contributed by atoms with Gasteiger partial charge in [0.05, 0.1) is 22.8 Å². The molecule has 1 aliphatic carbocycles. The molecule has 178 valence electrons. The maximum absolute atomic E-state index is 13.2. The van der Waals surface area contributed by atoms with Crippen molar-refractivity contribution < 1.29 is 23.9 Å². The third-order valence-corrected chi connectivity index (χ3v) is 7.95. The third-order valence-electron chi connectivity index (χ3n) is 6.74. The zero-order valence-corrected chi connectivity index (χ0v) is 19.8. The normalized spacial score (nSPS) is 20.1. The summed E-state index contributed by atoms with van der Waals surface area (Å²) in [7, 11) is 0. The Bertz CT molecular complexity index is 1130. The van der Waals surface area contributed by atoms with Crippen LogP contribution in [0.4, 0.5) is 5.00 Å². The van der Waals surface area contributed by atoms with E-state index in [9.17, 15) is 19.2 Å². The van der Waals surface area contributed by atoms with Gasteiger partial charge < -0.3 is 15.4 Å². The summed E-state index contributed by atoms with van der Waals surface area (Å²) in [5, 5.41) is 6.31. The Morgan fingerprint density at radius 2 is 1.82 bits per heavy atom. The molecular weight excluding hydrogens is 454 g/mol. The highest BCUT2D eigenvalue weighted by atomic mass is 32.1. The van der Waals surface area contributed by atoms with E-state index in [1.165, 1.54) is 18.3 Å². The van der Waals surface area contributed by atoms with Gasteiger partial charge in [-0.3, -0.25) is 24.1 Å². The van der Waals surface area contributed by atoms with E-state index < -0.39 is 23.8 Å². The molecule has 0 unspecified atom stereocenters. The number of rotatable bonds is 6. The van der Waals surface area contributed by atoms with E-state index in [4.69, 9.17) is 4.74 Å². The van der Waals surface area contributed by atoms with Gasteiger partial charge in [0.1, 0.15) is 11.0 Å². The predicted molar refractivity (Wildman–Crippen MR) is 127 cm³/mol. The minimum atomic E-state index is -1.02. The Hall–Kier alpha value is -3.04. The van der Waals surface area contributed by atoms with Crippen molar-refractivity contribution in [1.82, 2.24) is 10.2 Å². The van der Waals surface area contributed by atoms with Crippen molar-refractivity contribution in [3.63, 3.8) is 0 Å². The van der Waals surface area contributed by atoms with E-state index in [0.717, 1.165) is 53.9 Å². The molecule has 3 heterocycles. The number of anilines is 1. The average molecular weight is 482 g/mol. The van der Waals surface area contributed by atoms with Crippen LogP contribution in [-0.2, 0) is 22.4 Å². The van der Waals surface area contributed by atoms with Gasteiger partial charge in [0.2, 0.25) is 5.91 Å². The van der Waals surface area contributed by atoms with E-state index >= 15 is 0 Å². The Morgan fingerprint density at radius 1 is 1.12 bits per heavy atom. The minimum absolute atomic E-state index is 0.0188. The SMILES string of the molecule is C[C@H](C(=O)Nc1sc2c(c1C(=O)NC[C@H]1CCCO1)CCCC2)N1C(=O)c2ccccc2C1=O. The average Bonchev–Trinajstić information content (AvgIpc) is 3.55. The van der Waals surface area contributed by atoms with Crippen LogP contribution in [0.15, 0.2) is 24.3 Å². The van der Waals surface area contributed by atoms with Crippen molar-refractivity contribution in [3.8, 4) is 0 Å². The number of benzene rings is 1. The summed E-state index contributed by atoms with van der Waals surface area (Å²) >= 11 is 1.41. The number of thiophene rings is 1. The molecule has 0 saturated carbocycles. The summed E-state index contributed by atoms with van der Waals surface area (Å²) < 4.78 is 5.61. The highest BCUT2D eigenvalue weighted by Crippen LogP contribution is 2.38. The van der Waals surface area contributed by atoms with Crippen molar-refractivity contribution in [1.29, 1.82) is 0 Å². The molecule has 0 spiro atoms. The van der Waals surface area contributed by atoms with Crippen LogP contribution in [0.3, 0.4) is 0 Å². The van der Waals surface area contributed by atoms with Crippen LogP contribution in [0.1, 0.15) is 74.1 Å². The van der Waals surface area contributed by atoms with Crippen LogP contribution in [0, 0.1) is 0 Å². The molecule has 1 saturated heterocycles. The molecule has 8 nitrogen and oxygen atoms in total. The Labute approximate surface area is 201 Å². The van der Waals surface area contributed by atoms with Crippen LogP contribution < -0.4 is 10.6 Å². The van der Waals surface area contributed by atoms with E-state index in [1.54, 1.807) is 24.3 Å². The number of fused-ring (bicyclic) bond motifs is 2. The molecule has 2 aromatic rings. The molecule has 34 heavy (non-hydrogen) atoms. The number of ether oxygens (including phenoxy) is 1. The predicted octanol–water partition coefficient (Wildman–Crippen LogP) is 3.16. The Balaban J connectivity index is 1.36. The van der Waals surface area contributed by atoms with Crippen LogP contribution in [0.5, 0.6) is 0 Å². The second kappa shape index (κ2) is 9.31. The van der Waals surface area contributed by atoms with E-state index in [1.807, 2.05) is 0 Å². The molecule has 0 radical (unpaired) electrons. The van der Waals surface area contributed by atoms with Gasteiger partial charge in [-0.1, -0.05) is 12.1 Å². The number of amides is 4. The molecule has 4 amide bonds. The lowest BCUT2D eigenvalue weighted by Crippen LogP contribution is -2.45. The van der Waals surface area contributed by atoms with Gasteiger partial charge in [-0.15, -0.1) is 11.3 Å². The fourth-order valence-electron chi connectivity index (χ4n) is 4.89. The number of hydrogen-bond acceptors (Lipinski definition) is 6. The Morgan fingerprint density at radius 3 is 2.50 bits per heavy atom. The lowest BCUT2D eigenvalue weighted by Gasteiger charge is -2.21. The minimum Gasteiger partial charge on any atom is -0.376 e. The topological polar surface area (TPSA) is 105 Å². The summed E-state index contributed by atoms with van der Waals surface area (Å²) in [6.07, 6.45) is 5.63. The monoisotopic (exact) mass is 481 g/mol. The number of nitrogens with one attached hydrogen (secondary N) is 2. The standard InChI is InChI=1S/C25H27N3O5S/c1-14(28-24(31)16-8-2-3-9-17(16)25(28)32)21(29)27-23-20(18-10-4-5-11-19(18)34-23)22(30)26-13-15-7-6-12-33-15/h2-3,8-9,14-15H,4-7,10-13H2,1H3,(H,26,30)(H,27,29)/t14-,15-/m1/s1. The first kappa shape index (κ1) is 22.7. The maximum Gasteiger partial charge on any atom is 0.262 e. The Kier molecular flexibility index (Phi) is 6.22. The molecule has 5 rings (SSSR count). The third kappa shape index (κ3) is 4.03. The summed E-state index contributed by atoms with van der Waals surface area (Å²) in [5.41, 5.74) is 2.09. The zero-order valence-electron chi connectivity index (χ0n) is 19.0. The number of aryl methyl sites for hydroxylation is 1. The molecule has 1 aromatic carbocycles. The van der Waals surface area contributed by atoms with Gasteiger partial charge >= 0.3 is 0 Å². The fourth-order valence-corrected chi connectivity index (χ4v) is 6.18. The molecule has 3 aliphatic rings. The van der Waals surface area contributed by atoms with Crippen LogP contribution in [0.2, 0.25) is 0 Å². The number of carbonyl (C=O) groups excluding carboxylic acids is 4. The summed E-state index contributed by atoms with van der Waals surface area (Å²) in [5.74, 6) is -1.69. The van der Waals surface area contributed by atoms with Crippen molar-refractivity contribution in [2.45, 2.75) is 57.6 Å². The molecule has 1 fully saturated rings. The summed E-state index contributed by atoms with van der Waals surface area (Å²) in [6, 6.07) is 5.54. The molecule has 0 bridgehead atoms. The number of nitrogens with zero attached hydrogens (tertiary/aromatic N) is 1. The number of imide groups is 1.